The zero-order valence-electron chi connectivity index (χ0n) is 18.1. The molecular weight excluding hydrogens is 446 g/mol. The Morgan fingerprint density at radius 2 is 1.88 bits per heavy atom. The molecule has 0 fully saturated rings. The molecule has 0 aliphatic heterocycles. The molecule has 1 N–H and O–H groups in total. The smallest absolute Gasteiger partial charge is 0.227 e. The molecule has 9 nitrogen and oxygen atoms in total. The highest BCUT2D eigenvalue weighted by Crippen LogP contribution is 2.31. The van der Waals surface area contributed by atoms with Crippen LogP contribution < -0.4 is 14.8 Å². The first-order chi connectivity index (χ1) is 16.1. The lowest BCUT2D eigenvalue weighted by atomic mass is 10.2. The lowest BCUT2D eigenvalue weighted by Gasteiger charge is -2.09. The molecule has 33 heavy (non-hydrogen) atoms. The van der Waals surface area contributed by atoms with Crippen LogP contribution in [0.3, 0.4) is 0 Å². The fourth-order valence-electron chi connectivity index (χ4n) is 3.20. The van der Waals surface area contributed by atoms with Gasteiger partial charge >= 0.3 is 0 Å². The van der Waals surface area contributed by atoms with Gasteiger partial charge in [0.05, 0.1) is 27.0 Å². The number of nitrogens with one attached hydrogen (secondary N) is 1. The minimum absolute atomic E-state index is 0.180. The van der Waals surface area contributed by atoms with Crippen LogP contribution in [0.15, 0.2) is 59.3 Å². The number of amides is 1. The SMILES string of the molecule is COc1ccc(-c2noc(CCC(=O)Nc3ccnn3Cc3ccc(Cl)cc3)n2)cc1OC. The largest absolute Gasteiger partial charge is 0.493 e. The summed E-state index contributed by atoms with van der Waals surface area (Å²) in [7, 11) is 3.13. The number of carbonyl (C=O) groups is 1. The quantitative estimate of drug-likeness (QED) is 0.393. The van der Waals surface area contributed by atoms with Crippen molar-refractivity contribution in [1.82, 2.24) is 19.9 Å². The number of carbonyl (C=O) groups excluding carboxylic acids is 1. The average molecular weight is 468 g/mol. The molecular formula is C23H22ClN5O4. The number of hydrogen-bond donors (Lipinski definition) is 1. The Morgan fingerprint density at radius 3 is 2.64 bits per heavy atom. The molecule has 0 radical (unpaired) electrons. The molecule has 0 unspecified atom stereocenters. The molecule has 0 spiro atoms. The maximum absolute atomic E-state index is 12.5. The summed E-state index contributed by atoms with van der Waals surface area (Å²) >= 11 is 5.93. The summed E-state index contributed by atoms with van der Waals surface area (Å²) in [5.41, 5.74) is 1.74. The van der Waals surface area contributed by atoms with Crippen molar-refractivity contribution in [3.05, 3.63) is 71.2 Å². The lowest BCUT2D eigenvalue weighted by molar-refractivity contribution is -0.116. The van der Waals surface area contributed by atoms with Crippen molar-refractivity contribution in [3.63, 3.8) is 0 Å². The van der Waals surface area contributed by atoms with Gasteiger partial charge in [0.1, 0.15) is 5.82 Å². The highest BCUT2D eigenvalue weighted by atomic mass is 35.5. The predicted molar refractivity (Wildman–Crippen MR) is 123 cm³/mol. The molecule has 0 saturated heterocycles. The van der Waals surface area contributed by atoms with E-state index < -0.39 is 0 Å². The topological polar surface area (TPSA) is 104 Å². The molecule has 1 amide bonds. The van der Waals surface area contributed by atoms with E-state index in [2.05, 4.69) is 20.6 Å². The van der Waals surface area contributed by atoms with Crippen LogP contribution >= 0.6 is 11.6 Å². The van der Waals surface area contributed by atoms with Crippen molar-refractivity contribution in [2.75, 3.05) is 19.5 Å². The second kappa shape index (κ2) is 10.2. The summed E-state index contributed by atoms with van der Waals surface area (Å²) in [6.45, 7) is 0.512. The molecule has 2 aromatic heterocycles. The Labute approximate surface area is 195 Å². The third-order valence-electron chi connectivity index (χ3n) is 4.91. The van der Waals surface area contributed by atoms with Gasteiger partial charge in [-0.05, 0) is 35.9 Å². The van der Waals surface area contributed by atoms with Gasteiger partial charge < -0.3 is 19.3 Å². The molecule has 0 atom stereocenters. The molecule has 2 heterocycles. The summed E-state index contributed by atoms with van der Waals surface area (Å²) in [5, 5.41) is 11.8. The van der Waals surface area contributed by atoms with Gasteiger partial charge in [-0.3, -0.25) is 4.79 Å². The van der Waals surface area contributed by atoms with Crippen LogP contribution in [0.4, 0.5) is 5.82 Å². The van der Waals surface area contributed by atoms with E-state index in [0.717, 1.165) is 11.1 Å². The van der Waals surface area contributed by atoms with Gasteiger partial charge in [0.2, 0.25) is 17.6 Å². The predicted octanol–water partition coefficient (Wildman–Crippen LogP) is 4.22. The zero-order valence-corrected chi connectivity index (χ0v) is 18.9. The standard InChI is InChI=1S/C23H22ClN5O4/c1-31-18-8-5-16(13-19(18)32-2)23-27-22(33-28-23)10-9-21(30)26-20-11-12-25-29(20)14-15-3-6-17(24)7-4-15/h3-8,11-13H,9-10,14H2,1-2H3,(H,26,30). The Bertz CT molecular complexity index is 1240. The van der Waals surface area contributed by atoms with E-state index in [4.69, 9.17) is 25.6 Å². The van der Waals surface area contributed by atoms with E-state index in [9.17, 15) is 4.79 Å². The second-order valence-electron chi connectivity index (χ2n) is 7.13. The van der Waals surface area contributed by atoms with Crippen molar-refractivity contribution in [3.8, 4) is 22.9 Å². The Hall–Kier alpha value is -3.85. The number of anilines is 1. The van der Waals surface area contributed by atoms with Gasteiger partial charge in [0.25, 0.3) is 0 Å². The monoisotopic (exact) mass is 467 g/mol. The Balaban J connectivity index is 1.35. The maximum atomic E-state index is 12.5. The number of rotatable bonds is 9. The summed E-state index contributed by atoms with van der Waals surface area (Å²) < 4.78 is 17.6. The molecule has 0 aliphatic carbocycles. The van der Waals surface area contributed by atoms with Crippen molar-refractivity contribution < 1.29 is 18.8 Å². The fraction of sp³-hybridized carbons (Fsp3) is 0.217. The van der Waals surface area contributed by atoms with Crippen LogP contribution in [0.2, 0.25) is 5.02 Å². The van der Waals surface area contributed by atoms with E-state index in [1.807, 2.05) is 30.3 Å². The summed E-state index contributed by atoms with van der Waals surface area (Å²) in [6.07, 6.45) is 2.12. The fourth-order valence-corrected chi connectivity index (χ4v) is 3.33. The number of nitrogens with zero attached hydrogens (tertiary/aromatic N) is 4. The van der Waals surface area contributed by atoms with Gasteiger partial charge in [-0.15, -0.1) is 0 Å². The van der Waals surface area contributed by atoms with Crippen molar-refractivity contribution in [2.45, 2.75) is 19.4 Å². The number of aromatic nitrogens is 4. The second-order valence-corrected chi connectivity index (χ2v) is 7.57. The van der Waals surface area contributed by atoms with Gasteiger partial charge in [-0.1, -0.05) is 28.9 Å². The zero-order chi connectivity index (χ0) is 23.2. The summed E-state index contributed by atoms with van der Waals surface area (Å²) in [5.74, 6) is 2.37. The van der Waals surface area contributed by atoms with E-state index in [-0.39, 0.29) is 12.3 Å². The van der Waals surface area contributed by atoms with Crippen molar-refractivity contribution in [2.24, 2.45) is 0 Å². The Morgan fingerprint density at radius 1 is 1.09 bits per heavy atom. The first-order valence-electron chi connectivity index (χ1n) is 10.2. The highest BCUT2D eigenvalue weighted by Gasteiger charge is 2.14. The van der Waals surface area contributed by atoms with Gasteiger partial charge in [-0.2, -0.15) is 10.1 Å². The first-order valence-corrected chi connectivity index (χ1v) is 10.5. The van der Waals surface area contributed by atoms with Crippen molar-refractivity contribution in [1.29, 1.82) is 0 Å². The molecule has 2 aromatic carbocycles. The minimum Gasteiger partial charge on any atom is -0.493 e. The number of aryl methyl sites for hydroxylation is 1. The number of hydrogen-bond acceptors (Lipinski definition) is 7. The first kappa shape index (κ1) is 22.3. The molecule has 0 aliphatic rings. The molecule has 170 valence electrons. The third kappa shape index (κ3) is 5.50. The number of ether oxygens (including phenoxy) is 2. The van der Waals surface area contributed by atoms with Crippen LogP contribution in [-0.4, -0.2) is 40.0 Å². The van der Waals surface area contributed by atoms with E-state index in [0.29, 0.717) is 47.0 Å². The van der Waals surface area contributed by atoms with Crippen LogP contribution in [0.25, 0.3) is 11.4 Å². The number of benzene rings is 2. The van der Waals surface area contributed by atoms with Crippen LogP contribution in [0.1, 0.15) is 17.9 Å². The molecule has 0 saturated carbocycles. The summed E-state index contributed by atoms with van der Waals surface area (Å²) in [6, 6.07) is 14.6. The minimum atomic E-state index is -0.182. The molecule has 4 aromatic rings. The molecule has 4 rings (SSSR count). The van der Waals surface area contributed by atoms with Crippen LogP contribution in [-0.2, 0) is 17.8 Å². The van der Waals surface area contributed by atoms with E-state index in [1.165, 1.54) is 0 Å². The third-order valence-corrected chi connectivity index (χ3v) is 5.16. The van der Waals surface area contributed by atoms with Crippen molar-refractivity contribution >= 4 is 23.3 Å². The summed E-state index contributed by atoms with van der Waals surface area (Å²) in [4.78, 5) is 16.9. The molecule has 0 bridgehead atoms. The van der Waals surface area contributed by atoms with Gasteiger partial charge in [0, 0.05) is 29.5 Å². The maximum Gasteiger partial charge on any atom is 0.227 e. The van der Waals surface area contributed by atoms with E-state index in [1.54, 1.807) is 43.3 Å². The van der Waals surface area contributed by atoms with Gasteiger partial charge in [0.15, 0.2) is 11.5 Å². The van der Waals surface area contributed by atoms with Crippen LogP contribution in [0, 0.1) is 0 Å². The Kier molecular flexibility index (Phi) is 6.89. The van der Waals surface area contributed by atoms with Gasteiger partial charge in [-0.25, -0.2) is 4.68 Å². The van der Waals surface area contributed by atoms with Crippen LogP contribution in [0.5, 0.6) is 11.5 Å². The lowest BCUT2D eigenvalue weighted by Crippen LogP contribution is -2.16. The van der Waals surface area contributed by atoms with E-state index >= 15 is 0 Å². The molecule has 10 heteroatoms. The number of methoxy groups -OCH3 is 2. The normalized spacial score (nSPS) is 10.8. The number of halogens is 1. The average Bonchev–Trinajstić information content (AvgIpc) is 3.48. The highest BCUT2D eigenvalue weighted by molar-refractivity contribution is 6.30.